The fraction of sp³-hybridized carbons (Fsp3) is 0.409. The normalized spacial score (nSPS) is 19.4. The third-order valence-corrected chi connectivity index (χ3v) is 6.05. The van der Waals surface area contributed by atoms with Crippen LogP contribution in [0.4, 0.5) is 4.79 Å². The van der Waals surface area contributed by atoms with Crippen LogP contribution in [0.1, 0.15) is 44.4 Å². The number of benzene rings is 1. The van der Waals surface area contributed by atoms with Gasteiger partial charge in [0.2, 0.25) is 5.91 Å². The number of hydrogen-bond donors (Lipinski definition) is 1. The largest absolute Gasteiger partial charge is 0.340 e. The van der Waals surface area contributed by atoms with Gasteiger partial charge < -0.3 is 10.2 Å². The van der Waals surface area contributed by atoms with Gasteiger partial charge in [-0.3, -0.25) is 14.5 Å². The highest BCUT2D eigenvalue weighted by Gasteiger charge is 2.49. The van der Waals surface area contributed by atoms with E-state index in [2.05, 4.69) is 26.1 Å². The summed E-state index contributed by atoms with van der Waals surface area (Å²) in [7, 11) is 1.67. The summed E-state index contributed by atoms with van der Waals surface area (Å²) in [5, 5.41) is 6.68. The number of carbonyl (C=O) groups is 3. The third kappa shape index (κ3) is 4.19. The molecule has 2 aromatic rings. The van der Waals surface area contributed by atoms with Crippen LogP contribution in [0.5, 0.6) is 0 Å². The topological polar surface area (TPSA) is 69.7 Å². The average Bonchev–Trinajstić information content (AvgIpc) is 3.24. The van der Waals surface area contributed by atoms with Gasteiger partial charge >= 0.3 is 6.03 Å². The van der Waals surface area contributed by atoms with Gasteiger partial charge in [-0.1, -0.05) is 45.0 Å². The van der Waals surface area contributed by atoms with E-state index in [0.717, 1.165) is 16.0 Å². The van der Waals surface area contributed by atoms with Gasteiger partial charge in [0.05, 0.1) is 0 Å². The van der Waals surface area contributed by atoms with Gasteiger partial charge in [0.25, 0.3) is 5.91 Å². The fourth-order valence-corrected chi connectivity index (χ4v) is 4.00. The highest BCUT2D eigenvalue weighted by molar-refractivity contribution is 7.07. The molecule has 1 aromatic heterocycles. The number of hydrogen-bond acceptors (Lipinski definition) is 4. The van der Waals surface area contributed by atoms with Gasteiger partial charge in [0, 0.05) is 13.6 Å². The second-order valence-electron chi connectivity index (χ2n) is 8.66. The molecular formula is C22H27N3O3S. The van der Waals surface area contributed by atoms with Crippen molar-refractivity contribution < 1.29 is 14.4 Å². The second kappa shape index (κ2) is 7.63. The maximum atomic E-state index is 13.1. The minimum absolute atomic E-state index is 0.00609. The molecule has 1 aromatic carbocycles. The molecule has 0 bridgehead atoms. The van der Waals surface area contributed by atoms with E-state index in [1.807, 2.05) is 41.1 Å². The lowest BCUT2D eigenvalue weighted by atomic mass is 9.84. The van der Waals surface area contributed by atoms with Gasteiger partial charge in [0.1, 0.15) is 12.1 Å². The first kappa shape index (κ1) is 21.0. The van der Waals surface area contributed by atoms with Gasteiger partial charge in [-0.2, -0.15) is 11.3 Å². The van der Waals surface area contributed by atoms with Gasteiger partial charge in [0.15, 0.2) is 0 Å². The van der Waals surface area contributed by atoms with Crippen molar-refractivity contribution in [2.24, 2.45) is 0 Å². The molecule has 0 spiro atoms. The molecule has 4 amide bonds. The van der Waals surface area contributed by atoms with Crippen molar-refractivity contribution in [2.45, 2.75) is 45.2 Å². The standard InChI is InChI=1S/C22H27N3O3S/c1-21(2,3)16-6-8-17(9-7-16)22(4)19(27)25(20(28)23-22)13-18(26)24(5)12-15-10-11-29-14-15/h6-11,14H,12-13H2,1-5H3,(H,23,28). The van der Waals surface area contributed by atoms with E-state index in [1.54, 1.807) is 25.3 Å². The molecule has 2 heterocycles. The Morgan fingerprint density at radius 2 is 1.83 bits per heavy atom. The fourth-order valence-electron chi connectivity index (χ4n) is 3.34. The van der Waals surface area contributed by atoms with Crippen LogP contribution in [-0.2, 0) is 27.1 Å². The molecule has 1 unspecified atom stereocenters. The summed E-state index contributed by atoms with van der Waals surface area (Å²) in [6.07, 6.45) is 0. The van der Waals surface area contributed by atoms with Crippen molar-refractivity contribution in [3.63, 3.8) is 0 Å². The zero-order valence-corrected chi connectivity index (χ0v) is 18.3. The lowest BCUT2D eigenvalue weighted by Gasteiger charge is -2.25. The molecular weight excluding hydrogens is 386 g/mol. The number of nitrogens with one attached hydrogen (secondary N) is 1. The Hall–Kier alpha value is -2.67. The molecule has 7 heteroatoms. The summed E-state index contributed by atoms with van der Waals surface area (Å²) in [5.41, 5.74) is 1.68. The van der Waals surface area contributed by atoms with Crippen LogP contribution in [-0.4, -0.2) is 41.2 Å². The number of thiophene rings is 1. The molecule has 0 radical (unpaired) electrons. The molecule has 1 aliphatic heterocycles. The van der Waals surface area contributed by atoms with Crippen molar-refractivity contribution >= 4 is 29.2 Å². The molecule has 0 aliphatic carbocycles. The number of likely N-dealkylation sites (N-methyl/N-ethyl adjacent to an activating group) is 1. The number of urea groups is 1. The Labute approximate surface area is 175 Å². The van der Waals surface area contributed by atoms with Gasteiger partial charge in [-0.15, -0.1) is 0 Å². The number of nitrogens with zero attached hydrogens (tertiary/aromatic N) is 2. The van der Waals surface area contributed by atoms with E-state index in [-0.39, 0.29) is 17.9 Å². The summed E-state index contributed by atoms with van der Waals surface area (Å²) in [6, 6.07) is 9.08. The van der Waals surface area contributed by atoms with Crippen molar-refractivity contribution in [3.8, 4) is 0 Å². The van der Waals surface area contributed by atoms with Crippen molar-refractivity contribution in [1.82, 2.24) is 15.1 Å². The molecule has 1 aliphatic rings. The number of imide groups is 1. The summed E-state index contributed by atoms with van der Waals surface area (Å²) >= 11 is 1.56. The summed E-state index contributed by atoms with van der Waals surface area (Å²) in [6.45, 7) is 8.20. The predicted molar refractivity (Wildman–Crippen MR) is 114 cm³/mol. The number of carbonyl (C=O) groups excluding carboxylic acids is 3. The van der Waals surface area contributed by atoms with Crippen molar-refractivity contribution in [2.75, 3.05) is 13.6 Å². The summed E-state index contributed by atoms with van der Waals surface area (Å²) in [5.74, 6) is -0.699. The zero-order valence-electron chi connectivity index (χ0n) is 17.5. The average molecular weight is 414 g/mol. The lowest BCUT2D eigenvalue weighted by molar-refractivity contribution is -0.138. The van der Waals surface area contributed by atoms with Crippen LogP contribution in [0.15, 0.2) is 41.1 Å². The van der Waals surface area contributed by atoms with Crippen LogP contribution < -0.4 is 5.32 Å². The molecule has 6 nitrogen and oxygen atoms in total. The predicted octanol–water partition coefficient (Wildman–Crippen LogP) is 3.47. The molecule has 29 heavy (non-hydrogen) atoms. The van der Waals surface area contributed by atoms with Gasteiger partial charge in [-0.05, 0) is 45.9 Å². The Bertz CT molecular complexity index is 916. The minimum atomic E-state index is -1.18. The van der Waals surface area contributed by atoms with Crippen LogP contribution in [0.25, 0.3) is 0 Å². The zero-order chi connectivity index (χ0) is 21.4. The molecule has 1 saturated heterocycles. The molecule has 0 saturated carbocycles. The maximum Gasteiger partial charge on any atom is 0.325 e. The minimum Gasteiger partial charge on any atom is -0.340 e. The molecule has 1 atom stereocenters. The van der Waals surface area contributed by atoms with E-state index in [9.17, 15) is 14.4 Å². The summed E-state index contributed by atoms with van der Waals surface area (Å²) in [4.78, 5) is 40.7. The van der Waals surface area contributed by atoms with Crippen molar-refractivity contribution in [1.29, 1.82) is 0 Å². The SMILES string of the molecule is CN(Cc1ccsc1)C(=O)CN1C(=O)NC(C)(c2ccc(C(C)(C)C)cc2)C1=O. The van der Waals surface area contributed by atoms with Crippen LogP contribution >= 0.6 is 11.3 Å². The highest BCUT2D eigenvalue weighted by atomic mass is 32.1. The van der Waals surface area contributed by atoms with Gasteiger partial charge in [-0.25, -0.2) is 4.79 Å². The summed E-state index contributed by atoms with van der Waals surface area (Å²) < 4.78 is 0. The highest BCUT2D eigenvalue weighted by Crippen LogP contribution is 2.31. The number of amides is 4. The monoisotopic (exact) mass is 413 g/mol. The Kier molecular flexibility index (Phi) is 5.54. The Morgan fingerprint density at radius 1 is 1.17 bits per heavy atom. The van der Waals surface area contributed by atoms with Crippen LogP contribution in [0, 0.1) is 0 Å². The quantitative estimate of drug-likeness (QED) is 0.763. The first-order valence-corrected chi connectivity index (χ1v) is 10.5. The van der Waals surface area contributed by atoms with E-state index in [0.29, 0.717) is 12.1 Å². The number of rotatable bonds is 5. The molecule has 3 rings (SSSR count). The van der Waals surface area contributed by atoms with E-state index >= 15 is 0 Å². The second-order valence-corrected chi connectivity index (χ2v) is 9.44. The first-order chi connectivity index (χ1) is 13.5. The maximum absolute atomic E-state index is 13.1. The lowest BCUT2D eigenvalue weighted by Crippen LogP contribution is -2.43. The van der Waals surface area contributed by atoms with Crippen LogP contribution in [0.3, 0.4) is 0 Å². The Balaban J connectivity index is 1.74. The molecule has 154 valence electrons. The van der Waals surface area contributed by atoms with E-state index in [1.165, 1.54) is 4.90 Å². The Morgan fingerprint density at radius 3 is 2.38 bits per heavy atom. The third-order valence-electron chi connectivity index (χ3n) is 5.32. The first-order valence-electron chi connectivity index (χ1n) is 9.52. The molecule has 1 N–H and O–H groups in total. The smallest absolute Gasteiger partial charge is 0.325 e. The van der Waals surface area contributed by atoms with E-state index < -0.39 is 17.5 Å². The van der Waals surface area contributed by atoms with Crippen molar-refractivity contribution in [3.05, 3.63) is 57.8 Å². The van der Waals surface area contributed by atoms with E-state index in [4.69, 9.17) is 0 Å². The van der Waals surface area contributed by atoms with Crippen LogP contribution in [0.2, 0.25) is 0 Å². The molecule has 1 fully saturated rings.